The SMILES string of the molecule is CSCC[C@H](NC(=O)c1ccc(COC(Cc2cncn2C)c2ccc(F)cc2)cc1-c1ccc(F)cc1)C(=O)OC(C)(C)C. The van der Waals surface area contributed by atoms with E-state index in [1.165, 1.54) is 24.3 Å². The Hall–Kier alpha value is -4.02. The second kappa shape index (κ2) is 15.3. The highest BCUT2D eigenvalue weighted by Crippen LogP contribution is 2.29. The molecular weight excluding hydrogens is 596 g/mol. The van der Waals surface area contributed by atoms with Gasteiger partial charge in [-0.3, -0.25) is 4.79 Å². The third-order valence-electron chi connectivity index (χ3n) is 7.10. The van der Waals surface area contributed by atoms with Crippen LogP contribution >= 0.6 is 11.8 Å². The van der Waals surface area contributed by atoms with E-state index in [9.17, 15) is 18.4 Å². The van der Waals surface area contributed by atoms with Gasteiger partial charge in [0.2, 0.25) is 0 Å². The predicted octanol–water partition coefficient (Wildman–Crippen LogP) is 7.06. The van der Waals surface area contributed by atoms with Gasteiger partial charge in [0.25, 0.3) is 5.91 Å². The zero-order valence-corrected chi connectivity index (χ0v) is 27.0. The summed E-state index contributed by atoms with van der Waals surface area (Å²) in [7, 11) is 1.90. The van der Waals surface area contributed by atoms with E-state index in [2.05, 4.69) is 10.3 Å². The van der Waals surface area contributed by atoms with Crippen molar-refractivity contribution in [1.29, 1.82) is 0 Å². The predicted molar refractivity (Wildman–Crippen MR) is 173 cm³/mol. The number of esters is 1. The topological polar surface area (TPSA) is 82.5 Å². The van der Waals surface area contributed by atoms with Crippen molar-refractivity contribution >= 4 is 23.6 Å². The molecule has 1 aromatic heterocycles. The molecule has 1 amide bonds. The normalized spacial score (nSPS) is 12.9. The number of rotatable bonds is 13. The van der Waals surface area contributed by atoms with Crippen molar-refractivity contribution in [2.75, 3.05) is 12.0 Å². The lowest BCUT2D eigenvalue weighted by molar-refractivity contribution is -0.157. The molecule has 1 unspecified atom stereocenters. The first kappa shape index (κ1) is 33.9. The molecule has 0 aliphatic rings. The summed E-state index contributed by atoms with van der Waals surface area (Å²) >= 11 is 1.57. The number of nitrogens with one attached hydrogen (secondary N) is 1. The first-order valence-electron chi connectivity index (χ1n) is 14.7. The first-order valence-corrected chi connectivity index (χ1v) is 16.1. The molecule has 10 heteroatoms. The fourth-order valence-electron chi connectivity index (χ4n) is 4.76. The Labute approximate surface area is 267 Å². The summed E-state index contributed by atoms with van der Waals surface area (Å²) in [4.78, 5) is 30.8. The molecule has 1 heterocycles. The molecule has 0 bridgehead atoms. The number of aromatic nitrogens is 2. The highest BCUT2D eigenvalue weighted by Gasteiger charge is 2.28. The number of imidazole rings is 1. The molecule has 3 aromatic carbocycles. The van der Waals surface area contributed by atoms with Crippen molar-refractivity contribution in [3.8, 4) is 11.1 Å². The summed E-state index contributed by atoms with van der Waals surface area (Å²) in [6.45, 7) is 5.53. The Morgan fingerprint density at radius 3 is 2.27 bits per heavy atom. The van der Waals surface area contributed by atoms with Crippen LogP contribution in [0.3, 0.4) is 0 Å². The van der Waals surface area contributed by atoms with Crippen molar-refractivity contribution in [2.24, 2.45) is 7.05 Å². The minimum Gasteiger partial charge on any atom is -0.458 e. The molecule has 2 atom stereocenters. The number of halogens is 2. The summed E-state index contributed by atoms with van der Waals surface area (Å²) in [6, 6.07) is 16.6. The van der Waals surface area contributed by atoms with Crippen LogP contribution in [0.2, 0.25) is 0 Å². The second-order valence-electron chi connectivity index (χ2n) is 11.8. The number of carbonyl (C=O) groups excluding carboxylic acids is 2. The van der Waals surface area contributed by atoms with Gasteiger partial charge in [-0.2, -0.15) is 11.8 Å². The van der Waals surface area contributed by atoms with Crippen molar-refractivity contribution < 1.29 is 27.8 Å². The van der Waals surface area contributed by atoms with E-state index in [-0.39, 0.29) is 12.4 Å². The zero-order valence-electron chi connectivity index (χ0n) is 26.2. The van der Waals surface area contributed by atoms with E-state index in [0.717, 1.165) is 16.8 Å². The van der Waals surface area contributed by atoms with Gasteiger partial charge in [-0.1, -0.05) is 30.3 Å². The molecule has 1 N–H and O–H groups in total. The summed E-state index contributed by atoms with van der Waals surface area (Å²) in [5, 5.41) is 2.87. The fourth-order valence-corrected chi connectivity index (χ4v) is 5.23. The third-order valence-corrected chi connectivity index (χ3v) is 7.74. The first-order chi connectivity index (χ1) is 21.4. The number of carbonyl (C=O) groups is 2. The number of aryl methyl sites for hydroxylation is 1. The van der Waals surface area contributed by atoms with Crippen LogP contribution in [-0.4, -0.2) is 45.1 Å². The number of nitrogens with zero attached hydrogens (tertiary/aromatic N) is 2. The summed E-state index contributed by atoms with van der Waals surface area (Å²) < 4.78 is 41.4. The van der Waals surface area contributed by atoms with Gasteiger partial charge in [0.05, 0.1) is 19.0 Å². The maximum Gasteiger partial charge on any atom is 0.329 e. The van der Waals surface area contributed by atoms with Gasteiger partial charge in [0.1, 0.15) is 23.3 Å². The van der Waals surface area contributed by atoms with E-state index in [0.29, 0.717) is 35.3 Å². The molecular formula is C35H39F2N3O4S. The zero-order chi connectivity index (χ0) is 32.6. The van der Waals surface area contributed by atoms with Crippen LogP contribution in [0.4, 0.5) is 8.78 Å². The van der Waals surface area contributed by atoms with Crippen LogP contribution in [0.15, 0.2) is 79.3 Å². The number of benzene rings is 3. The maximum absolute atomic E-state index is 13.9. The molecule has 7 nitrogen and oxygen atoms in total. The standard InChI is InChI=1S/C35H39F2N3O4S/c1-35(2,3)44-34(42)31(16-17-45-5)39-33(41)29-15-6-23(18-30(29)24-7-11-26(36)12-8-24)21-43-32(19-28-20-38-22-40(28)4)25-9-13-27(37)14-10-25/h6-15,18,20,22,31-32H,16-17,19,21H2,1-5H3,(H,39,41)/t31-,32?/m0/s1. The average molecular weight is 636 g/mol. The van der Waals surface area contributed by atoms with Crippen LogP contribution in [0.1, 0.15) is 60.5 Å². The van der Waals surface area contributed by atoms with Gasteiger partial charge in [-0.15, -0.1) is 0 Å². The number of ether oxygens (including phenoxy) is 2. The summed E-state index contributed by atoms with van der Waals surface area (Å²) in [6.07, 6.45) is 5.92. The average Bonchev–Trinajstić information content (AvgIpc) is 3.41. The number of hydrogen-bond acceptors (Lipinski definition) is 6. The van der Waals surface area contributed by atoms with Crippen LogP contribution in [0, 0.1) is 11.6 Å². The van der Waals surface area contributed by atoms with Crippen molar-refractivity contribution in [3.05, 3.63) is 113 Å². The maximum atomic E-state index is 13.9. The van der Waals surface area contributed by atoms with Gasteiger partial charge in [0, 0.05) is 30.9 Å². The monoisotopic (exact) mass is 635 g/mol. The van der Waals surface area contributed by atoms with E-state index in [1.807, 2.05) is 23.9 Å². The Balaban J connectivity index is 1.62. The van der Waals surface area contributed by atoms with Gasteiger partial charge in [0.15, 0.2) is 0 Å². The minimum atomic E-state index is -0.836. The minimum absolute atomic E-state index is 0.185. The molecule has 0 aliphatic heterocycles. The van der Waals surface area contributed by atoms with Crippen LogP contribution in [0.5, 0.6) is 0 Å². The van der Waals surface area contributed by atoms with Gasteiger partial charge >= 0.3 is 5.97 Å². The summed E-state index contributed by atoms with van der Waals surface area (Å²) in [5.41, 5.74) is 3.35. The van der Waals surface area contributed by atoms with E-state index in [1.54, 1.807) is 81.5 Å². The molecule has 238 valence electrons. The highest BCUT2D eigenvalue weighted by atomic mass is 32.2. The lowest BCUT2D eigenvalue weighted by Gasteiger charge is -2.25. The fraction of sp³-hybridized carbons (Fsp3) is 0.343. The molecule has 0 radical (unpaired) electrons. The number of amides is 1. The molecule has 4 rings (SSSR count). The van der Waals surface area contributed by atoms with E-state index < -0.39 is 35.4 Å². The number of hydrogen-bond donors (Lipinski definition) is 1. The molecule has 4 aromatic rings. The Bertz CT molecular complexity index is 1580. The Morgan fingerprint density at radius 1 is 1.00 bits per heavy atom. The lowest BCUT2D eigenvalue weighted by Crippen LogP contribution is -2.44. The summed E-state index contributed by atoms with van der Waals surface area (Å²) in [5.74, 6) is -1.03. The van der Waals surface area contributed by atoms with Crippen molar-refractivity contribution in [2.45, 2.75) is 58.0 Å². The van der Waals surface area contributed by atoms with Crippen LogP contribution in [-0.2, 0) is 34.3 Å². The van der Waals surface area contributed by atoms with E-state index >= 15 is 0 Å². The molecule has 0 saturated heterocycles. The van der Waals surface area contributed by atoms with Gasteiger partial charge in [-0.05, 0) is 97.9 Å². The lowest BCUT2D eigenvalue weighted by atomic mass is 9.96. The smallest absolute Gasteiger partial charge is 0.329 e. The molecule has 0 spiro atoms. The molecule has 0 saturated carbocycles. The van der Waals surface area contributed by atoms with Crippen LogP contribution in [0.25, 0.3) is 11.1 Å². The highest BCUT2D eigenvalue weighted by molar-refractivity contribution is 7.98. The van der Waals surface area contributed by atoms with E-state index in [4.69, 9.17) is 9.47 Å². The largest absolute Gasteiger partial charge is 0.458 e. The molecule has 45 heavy (non-hydrogen) atoms. The van der Waals surface area contributed by atoms with Gasteiger partial charge in [-0.25, -0.2) is 18.6 Å². The quantitative estimate of drug-likeness (QED) is 0.159. The third kappa shape index (κ3) is 9.73. The molecule has 0 aliphatic carbocycles. The van der Waals surface area contributed by atoms with Crippen molar-refractivity contribution in [1.82, 2.24) is 14.9 Å². The Morgan fingerprint density at radius 2 is 1.67 bits per heavy atom. The van der Waals surface area contributed by atoms with Crippen molar-refractivity contribution in [3.63, 3.8) is 0 Å². The van der Waals surface area contributed by atoms with Gasteiger partial charge < -0.3 is 19.4 Å². The Kier molecular flexibility index (Phi) is 11.5. The number of thioether (sulfide) groups is 1. The van der Waals surface area contributed by atoms with Crippen LogP contribution < -0.4 is 5.32 Å². The molecule has 0 fully saturated rings. The second-order valence-corrected chi connectivity index (χ2v) is 12.8.